The quantitative estimate of drug-likeness (QED) is 0.841. The zero-order valence-electron chi connectivity index (χ0n) is 11.5. The standard InChI is InChI=1S/C17H19ClN2/c18-16-6-7-17(19-13-16)20-10-8-15(9-11-20)12-14-4-2-1-3-5-14/h1-7,13,15H,8-12H2. The largest absolute Gasteiger partial charge is 0.357 e. The van der Waals surface area contributed by atoms with Crippen LogP contribution in [0.5, 0.6) is 0 Å². The highest BCUT2D eigenvalue weighted by Gasteiger charge is 2.20. The molecule has 1 aliphatic rings. The summed E-state index contributed by atoms with van der Waals surface area (Å²) >= 11 is 5.88. The highest BCUT2D eigenvalue weighted by Crippen LogP contribution is 2.25. The van der Waals surface area contributed by atoms with E-state index in [9.17, 15) is 0 Å². The molecule has 0 amide bonds. The number of piperidine rings is 1. The first-order chi connectivity index (χ1) is 9.81. The van der Waals surface area contributed by atoms with E-state index in [1.807, 2.05) is 12.1 Å². The molecule has 104 valence electrons. The van der Waals surface area contributed by atoms with Crippen LogP contribution in [0.1, 0.15) is 18.4 Å². The summed E-state index contributed by atoms with van der Waals surface area (Å²) in [4.78, 5) is 6.76. The highest BCUT2D eigenvalue weighted by molar-refractivity contribution is 6.30. The van der Waals surface area contributed by atoms with Crippen molar-refractivity contribution in [3.8, 4) is 0 Å². The fraction of sp³-hybridized carbons (Fsp3) is 0.353. The molecular formula is C17H19ClN2. The van der Waals surface area contributed by atoms with Crippen LogP contribution in [0.3, 0.4) is 0 Å². The van der Waals surface area contributed by atoms with Gasteiger partial charge in [0.25, 0.3) is 0 Å². The van der Waals surface area contributed by atoms with Gasteiger partial charge in [-0.3, -0.25) is 0 Å². The maximum atomic E-state index is 5.88. The molecule has 0 atom stereocenters. The summed E-state index contributed by atoms with van der Waals surface area (Å²) in [6.07, 6.45) is 5.40. The molecule has 2 nitrogen and oxygen atoms in total. The van der Waals surface area contributed by atoms with Crippen molar-refractivity contribution >= 4 is 17.4 Å². The second kappa shape index (κ2) is 6.27. The average Bonchev–Trinajstić information content (AvgIpc) is 2.50. The molecule has 1 saturated heterocycles. The van der Waals surface area contributed by atoms with Crippen LogP contribution in [-0.2, 0) is 6.42 Å². The minimum Gasteiger partial charge on any atom is -0.357 e. The highest BCUT2D eigenvalue weighted by atomic mass is 35.5. The van der Waals surface area contributed by atoms with E-state index >= 15 is 0 Å². The number of nitrogens with zero attached hydrogens (tertiary/aromatic N) is 2. The van der Waals surface area contributed by atoms with Gasteiger partial charge >= 0.3 is 0 Å². The van der Waals surface area contributed by atoms with Crippen molar-refractivity contribution in [2.75, 3.05) is 18.0 Å². The molecule has 0 radical (unpaired) electrons. The molecule has 1 aromatic carbocycles. The monoisotopic (exact) mass is 286 g/mol. The van der Waals surface area contributed by atoms with E-state index in [-0.39, 0.29) is 0 Å². The van der Waals surface area contributed by atoms with Gasteiger partial charge in [0.05, 0.1) is 5.02 Å². The van der Waals surface area contributed by atoms with E-state index in [4.69, 9.17) is 11.6 Å². The molecule has 20 heavy (non-hydrogen) atoms. The number of anilines is 1. The molecule has 0 saturated carbocycles. The van der Waals surface area contributed by atoms with Gasteiger partial charge in [0.2, 0.25) is 0 Å². The second-order valence-electron chi connectivity index (χ2n) is 5.45. The van der Waals surface area contributed by atoms with E-state index in [0.717, 1.165) is 24.8 Å². The van der Waals surface area contributed by atoms with E-state index < -0.39 is 0 Å². The molecule has 2 heterocycles. The molecule has 0 aliphatic carbocycles. The van der Waals surface area contributed by atoms with Crippen molar-refractivity contribution in [1.29, 1.82) is 0 Å². The van der Waals surface area contributed by atoms with E-state index in [1.54, 1.807) is 6.20 Å². The second-order valence-corrected chi connectivity index (χ2v) is 5.89. The first-order valence-electron chi connectivity index (χ1n) is 7.22. The first-order valence-corrected chi connectivity index (χ1v) is 7.59. The third-order valence-electron chi connectivity index (χ3n) is 4.02. The van der Waals surface area contributed by atoms with Crippen molar-refractivity contribution in [2.45, 2.75) is 19.3 Å². The van der Waals surface area contributed by atoms with Gasteiger partial charge in [0.1, 0.15) is 5.82 Å². The van der Waals surface area contributed by atoms with Crippen LogP contribution in [0, 0.1) is 5.92 Å². The van der Waals surface area contributed by atoms with E-state index in [0.29, 0.717) is 5.02 Å². The molecule has 1 aromatic heterocycles. The summed E-state index contributed by atoms with van der Waals surface area (Å²) in [5.41, 5.74) is 1.45. The third kappa shape index (κ3) is 3.31. The van der Waals surface area contributed by atoms with Gasteiger partial charge in [-0.2, -0.15) is 0 Å². The van der Waals surface area contributed by atoms with Crippen molar-refractivity contribution < 1.29 is 0 Å². The van der Waals surface area contributed by atoms with Gasteiger partial charge in [0, 0.05) is 19.3 Å². The molecule has 3 heteroatoms. The molecule has 3 rings (SSSR count). The number of hydrogen-bond donors (Lipinski definition) is 0. The molecule has 1 fully saturated rings. The molecule has 0 spiro atoms. The van der Waals surface area contributed by atoms with Crippen LogP contribution >= 0.6 is 11.6 Å². The minimum absolute atomic E-state index is 0.702. The maximum Gasteiger partial charge on any atom is 0.128 e. The Morgan fingerprint density at radius 1 is 1.05 bits per heavy atom. The molecular weight excluding hydrogens is 268 g/mol. The zero-order valence-corrected chi connectivity index (χ0v) is 12.3. The predicted octanol–water partition coefficient (Wildman–Crippen LogP) is 4.19. The number of aromatic nitrogens is 1. The third-order valence-corrected chi connectivity index (χ3v) is 4.24. The Morgan fingerprint density at radius 2 is 1.80 bits per heavy atom. The Bertz CT molecular complexity index is 531. The summed E-state index contributed by atoms with van der Waals surface area (Å²) in [5.74, 6) is 1.84. The summed E-state index contributed by atoms with van der Waals surface area (Å²) in [6.45, 7) is 2.18. The van der Waals surface area contributed by atoms with Gasteiger partial charge in [-0.05, 0) is 42.9 Å². The lowest BCUT2D eigenvalue weighted by Gasteiger charge is -2.32. The molecule has 0 bridgehead atoms. The van der Waals surface area contributed by atoms with Crippen LogP contribution in [0.4, 0.5) is 5.82 Å². The lowest BCUT2D eigenvalue weighted by molar-refractivity contribution is 0.402. The maximum absolute atomic E-state index is 5.88. The van der Waals surface area contributed by atoms with Crippen LogP contribution in [0.25, 0.3) is 0 Å². The number of hydrogen-bond acceptors (Lipinski definition) is 2. The Labute approximate surface area is 125 Å². The van der Waals surface area contributed by atoms with Crippen molar-refractivity contribution in [3.63, 3.8) is 0 Å². The summed E-state index contributed by atoms with van der Waals surface area (Å²) in [7, 11) is 0. The summed E-state index contributed by atoms with van der Waals surface area (Å²) in [6, 6.07) is 14.7. The van der Waals surface area contributed by atoms with Crippen molar-refractivity contribution in [1.82, 2.24) is 4.98 Å². The van der Waals surface area contributed by atoms with Crippen LogP contribution in [0.15, 0.2) is 48.7 Å². The normalized spacial score (nSPS) is 16.4. The number of pyridine rings is 1. The van der Waals surface area contributed by atoms with Gasteiger partial charge in [0.15, 0.2) is 0 Å². The Balaban J connectivity index is 1.55. The van der Waals surface area contributed by atoms with Crippen molar-refractivity contribution in [3.05, 3.63) is 59.2 Å². The summed E-state index contributed by atoms with van der Waals surface area (Å²) < 4.78 is 0. The molecule has 0 N–H and O–H groups in total. The topological polar surface area (TPSA) is 16.1 Å². The van der Waals surface area contributed by atoms with E-state index in [1.165, 1.54) is 24.8 Å². The predicted molar refractivity (Wildman–Crippen MR) is 84.3 cm³/mol. The molecule has 2 aromatic rings. The Morgan fingerprint density at radius 3 is 2.45 bits per heavy atom. The Hall–Kier alpha value is -1.54. The average molecular weight is 287 g/mol. The van der Waals surface area contributed by atoms with E-state index in [2.05, 4.69) is 40.2 Å². The van der Waals surface area contributed by atoms with Crippen LogP contribution < -0.4 is 4.90 Å². The number of halogens is 1. The minimum atomic E-state index is 0.702. The lowest BCUT2D eigenvalue weighted by atomic mass is 9.90. The van der Waals surface area contributed by atoms with Crippen molar-refractivity contribution in [2.24, 2.45) is 5.92 Å². The van der Waals surface area contributed by atoms with Gasteiger partial charge in [-0.1, -0.05) is 41.9 Å². The van der Waals surface area contributed by atoms with Gasteiger partial charge < -0.3 is 4.90 Å². The SMILES string of the molecule is Clc1ccc(N2CCC(Cc3ccccc3)CC2)nc1. The molecule has 0 unspecified atom stereocenters. The number of rotatable bonds is 3. The fourth-order valence-corrected chi connectivity index (χ4v) is 2.98. The smallest absolute Gasteiger partial charge is 0.128 e. The van der Waals surface area contributed by atoms with Crippen LogP contribution in [0.2, 0.25) is 5.02 Å². The van der Waals surface area contributed by atoms with Gasteiger partial charge in [-0.25, -0.2) is 4.98 Å². The number of benzene rings is 1. The van der Waals surface area contributed by atoms with Gasteiger partial charge in [-0.15, -0.1) is 0 Å². The fourth-order valence-electron chi connectivity index (χ4n) is 2.87. The lowest BCUT2D eigenvalue weighted by Crippen LogP contribution is -2.34. The zero-order chi connectivity index (χ0) is 13.8. The molecule has 1 aliphatic heterocycles. The van der Waals surface area contributed by atoms with Crippen LogP contribution in [-0.4, -0.2) is 18.1 Å². The Kier molecular flexibility index (Phi) is 4.22. The summed E-state index contributed by atoms with van der Waals surface area (Å²) in [5, 5.41) is 0.702. The first kappa shape index (κ1) is 13.4.